The van der Waals surface area contributed by atoms with Crippen molar-refractivity contribution in [1.82, 2.24) is 0 Å². The summed E-state index contributed by atoms with van der Waals surface area (Å²) in [4.78, 5) is 0. The molecule has 90 valence electrons. The molecule has 1 saturated carbocycles. The van der Waals surface area contributed by atoms with E-state index in [1.165, 1.54) is 32.1 Å². The molecule has 1 fully saturated rings. The molecule has 2 nitrogen and oxygen atoms in total. The first-order chi connectivity index (χ1) is 8.31. The lowest BCUT2D eigenvalue weighted by molar-refractivity contribution is 0.346. The van der Waals surface area contributed by atoms with Gasteiger partial charge < -0.3 is 5.32 Å². The Morgan fingerprint density at radius 3 is 2.59 bits per heavy atom. The summed E-state index contributed by atoms with van der Waals surface area (Å²) < 4.78 is 1.02. The monoisotopic (exact) mass is 292 g/mol. The molecule has 1 aromatic carbocycles. The number of benzene rings is 1. The number of hydrogen-bond donors (Lipinski definition) is 1. The second-order valence-corrected chi connectivity index (χ2v) is 5.48. The van der Waals surface area contributed by atoms with E-state index in [-0.39, 0.29) is 6.04 Å². The molecule has 0 aliphatic heterocycles. The first-order valence-corrected chi connectivity index (χ1v) is 7.01. The summed E-state index contributed by atoms with van der Waals surface area (Å²) in [6.45, 7) is 0. The van der Waals surface area contributed by atoms with E-state index >= 15 is 0 Å². The fourth-order valence-electron chi connectivity index (χ4n) is 2.47. The Balaban J connectivity index is 2.05. The van der Waals surface area contributed by atoms with Crippen molar-refractivity contribution in [1.29, 1.82) is 5.26 Å². The average molecular weight is 293 g/mol. The first-order valence-electron chi connectivity index (χ1n) is 6.22. The van der Waals surface area contributed by atoms with Crippen LogP contribution >= 0.6 is 15.9 Å². The summed E-state index contributed by atoms with van der Waals surface area (Å²) >= 11 is 3.51. The maximum atomic E-state index is 9.30. The van der Waals surface area contributed by atoms with Crippen molar-refractivity contribution in [3.8, 4) is 6.07 Å². The van der Waals surface area contributed by atoms with Crippen LogP contribution in [0.25, 0.3) is 0 Å². The van der Waals surface area contributed by atoms with Crippen LogP contribution in [0.3, 0.4) is 0 Å². The summed E-state index contributed by atoms with van der Waals surface area (Å²) in [5.41, 5.74) is 1.02. The van der Waals surface area contributed by atoms with Crippen molar-refractivity contribution < 1.29 is 0 Å². The van der Waals surface area contributed by atoms with Gasteiger partial charge >= 0.3 is 0 Å². The number of nitrogens with one attached hydrogen (secondary N) is 1. The Labute approximate surface area is 111 Å². The molecule has 17 heavy (non-hydrogen) atoms. The van der Waals surface area contributed by atoms with Gasteiger partial charge in [0.15, 0.2) is 0 Å². The van der Waals surface area contributed by atoms with Crippen molar-refractivity contribution in [3.63, 3.8) is 0 Å². The molecular weight excluding hydrogens is 276 g/mol. The van der Waals surface area contributed by atoms with E-state index in [0.29, 0.717) is 5.92 Å². The molecule has 1 N–H and O–H groups in total. The molecule has 1 aliphatic carbocycles. The first kappa shape index (κ1) is 12.4. The third-order valence-corrected chi connectivity index (χ3v) is 4.14. The minimum Gasteiger partial charge on any atom is -0.369 e. The van der Waals surface area contributed by atoms with Crippen molar-refractivity contribution >= 4 is 21.6 Å². The molecule has 2 rings (SSSR count). The Bertz CT molecular complexity index is 405. The molecule has 0 spiro atoms. The quantitative estimate of drug-likeness (QED) is 0.900. The van der Waals surface area contributed by atoms with E-state index in [0.717, 1.165) is 10.2 Å². The third kappa shape index (κ3) is 3.23. The second kappa shape index (κ2) is 6.07. The zero-order chi connectivity index (χ0) is 12.1. The molecule has 0 aromatic heterocycles. The van der Waals surface area contributed by atoms with E-state index in [2.05, 4.69) is 27.3 Å². The average Bonchev–Trinajstić information content (AvgIpc) is 2.39. The maximum absolute atomic E-state index is 9.30. The van der Waals surface area contributed by atoms with Crippen LogP contribution in [-0.4, -0.2) is 6.04 Å². The number of rotatable bonds is 3. The molecule has 1 atom stereocenters. The normalized spacial score (nSPS) is 18.4. The van der Waals surface area contributed by atoms with Crippen LogP contribution in [0.5, 0.6) is 0 Å². The summed E-state index contributed by atoms with van der Waals surface area (Å²) in [5, 5.41) is 12.7. The summed E-state index contributed by atoms with van der Waals surface area (Å²) in [6, 6.07) is 10.3. The van der Waals surface area contributed by atoms with Crippen molar-refractivity contribution in [2.75, 3.05) is 5.32 Å². The molecule has 3 heteroatoms. The molecule has 0 radical (unpaired) electrons. The van der Waals surface area contributed by atoms with Gasteiger partial charge in [0.05, 0.1) is 6.07 Å². The van der Waals surface area contributed by atoms with Crippen LogP contribution in [0.4, 0.5) is 5.69 Å². The summed E-state index contributed by atoms with van der Waals surface area (Å²) in [5.74, 6) is 0.501. The minimum absolute atomic E-state index is 0.0611. The number of halogens is 1. The van der Waals surface area contributed by atoms with Gasteiger partial charge in [0.1, 0.15) is 6.04 Å². The summed E-state index contributed by atoms with van der Waals surface area (Å²) in [7, 11) is 0. The number of nitrogens with zero attached hydrogens (tertiary/aromatic N) is 1. The third-order valence-electron chi connectivity index (χ3n) is 3.45. The molecule has 0 bridgehead atoms. The van der Waals surface area contributed by atoms with Crippen molar-refractivity contribution in [3.05, 3.63) is 28.7 Å². The van der Waals surface area contributed by atoms with Gasteiger partial charge in [0.2, 0.25) is 0 Å². The summed E-state index contributed by atoms with van der Waals surface area (Å²) in [6.07, 6.45) is 6.20. The van der Waals surface area contributed by atoms with Crippen LogP contribution in [0, 0.1) is 17.2 Å². The Kier molecular flexibility index (Phi) is 4.44. The van der Waals surface area contributed by atoms with E-state index < -0.39 is 0 Å². The van der Waals surface area contributed by atoms with Crippen LogP contribution in [0.1, 0.15) is 32.1 Å². The lowest BCUT2D eigenvalue weighted by Gasteiger charge is -2.27. The van der Waals surface area contributed by atoms with Gasteiger partial charge in [-0.1, -0.05) is 31.4 Å². The Morgan fingerprint density at radius 1 is 1.24 bits per heavy atom. The molecular formula is C14H17BrN2. The molecule has 1 aromatic rings. The highest BCUT2D eigenvalue weighted by Gasteiger charge is 2.23. The molecule has 0 heterocycles. The van der Waals surface area contributed by atoms with Crippen LogP contribution < -0.4 is 5.32 Å². The number of anilines is 1. The lowest BCUT2D eigenvalue weighted by atomic mass is 9.84. The van der Waals surface area contributed by atoms with Gasteiger partial charge in [-0.3, -0.25) is 0 Å². The standard InChI is InChI=1S/C14H17BrN2/c15-12-8-4-5-9-13(12)17-14(10-16)11-6-2-1-3-7-11/h4-5,8-9,11,14,17H,1-3,6-7H2. The highest BCUT2D eigenvalue weighted by atomic mass is 79.9. The SMILES string of the molecule is N#CC(Nc1ccccc1Br)C1CCCCC1. The van der Waals surface area contributed by atoms with Crippen LogP contribution in [0.2, 0.25) is 0 Å². The highest BCUT2D eigenvalue weighted by molar-refractivity contribution is 9.10. The lowest BCUT2D eigenvalue weighted by Crippen LogP contribution is -2.29. The van der Waals surface area contributed by atoms with Crippen LogP contribution in [0.15, 0.2) is 28.7 Å². The van der Waals surface area contributed by atoms with Crippen molar-refractivity contribution in [2.24, 2.45) is 5.92 Å². The Hall–Kier alpha value is -1.01. The smallest absolute Gasteiger partial charge is 0.117 e. The fourth-order valence-corrected chi connectivity index (χ4v) is 2.87. The number of nitriles is 1. The van der Waals surface area contributed by atoms with E-state index in [1.54, 1.807) is 0 Å². The molecule has 0 amide bonds. The highest BCUT2D eigenvalue weighted by Crippen LogP contribution is 2.29. The van der Waals surface area contributed by atoms with Crippen LogP contribution in [-0.2, 0) is 0 Å². The van der Waals surface area contributed by atoms with E-state index in [1.807, 2.05) is 24.3 Å². The maximum Gasteiger partial charge on any atom is 0.117 e. The predicted molar refractivity (Wildman–Crippen MR) is 73.7 cm³/mol. The van der Waals surface area contributed by atoms with Gasteiger partial charge in [0, 0.05) is 10.2 Å². The van der Waals surface area contributed by atoms with Gasteiger partial charge in [-0.2, -0.15) is 5.26 Å². The molecule has 1 unspecified atom stereocenters. The van der Waals surface area contributed by atoms with E-state index in [4.69, 9.17) is 0 Å². The molecule has 0 saturated heterocycles. The fraction of sp³-hybridized carbons (Fsp3) is 0.500. The topological polar surface area (TPSA) is 35.8 Å². The number of hydrogen-bond acceptors (Lipinski definition) is 2. The number of para-hydroxylation sites is 1. The second-order valence-electron chi connectivity index (χ2n) is 4.63. The zero-order valence-electron chi connectivity index (χ0n) is 9.82. The van der Waals surface area contributed by atoms with Gasteiger partial charge in [-0.25, -0.2) is 0 Å². The van der Waals surface area contributed by atoms with Gasteiger partial charge in [0.25, 0.3) is 0 Å². The largest absolute Gasteiger partial charge is 0.369 e. The van der Waals surface area contributed by atoms with Gasteiger partial charge in [-0.15, -0.1) is 0 Å². The zero-order valence-corrected chi connectivity index (χ0v) is 11.4. The predicted octanol–water partition coefficient (Wildman–Crippen LogP) is 4.33. The minimum atomic E-state index is -0.0611. The van der Waals surface area contributed by atoms with E-state index in [9.17, 15) is 5.26 Å². The van der Waals surface area contributed by atoms with Crippen molar-refractivity contribution in [2.45, 2.75) is 38.1 Å². The Morgan fingerprint density at radius 2 is 1.94 bits per heavy atom. The molecule has 1 aliphatic rings. The van der Waals surface area contributed by atoms with Gasteiger partial charge in [-0.05, 0) is 46.8 Å².